The van der Waals surface area contributed by atoms with Crippen molar-refractivity contribution < 1.29 is 0 Å². The van der Waals surface area contributed by atoms with Crippen LogP contribution in [0.15, 0.2) is 35.7 Å². The Hall–Kier alpha value is -1.39. The standard InChI is InChI=1S/C15H18N2S2/c1-3-12(14-5-4-8-19-14)17-13-7-6-10(2)9-11(13)15(16)18/h4-9,12,17H,3H2,1-2H3,(H2,16,18). The molecule has 0 radical (unpaired) electrons. The lowest BCUT2D eigenvalue weighted by Gasteiger charge is -2.19. The summed E-state index contributed by atoms with van der Waals surface area (Å²) in [7, 11) is 0. The Labute approximate surface area is 123 Å². The van der Waals surface area contributed by atoms with Crippen molar-refractivity contribution in [2.75, 3.05) is 5.32 Å². The molecule has 1 unspecified atom stereocenters. The van der Waals surface area contributed by atoms with Crippen LogP contribution < -0.4 is 11.1 Å². The smallest absolute Gasteiger partial charge is 0.106 e. The molecule has 0 amide bonds. The molecule has 0 aliphatic rings. The molecule has 0 bridgehead atoms. The molecule has 0 aliphatic heterocycles. The first-order chi connectivity index (χ1) is 9.11. The zero-order chi connectivity index (χ0) is 13.8. The SMILES string of the molecule is CCC(Nc1ccc(C)cc1C(N)=S)c1cccs1. The van der Waals surface area contributed by atoms with Gasteiger partial charge in [0.2, 0.25) is 0 Å². The van der Waals surface area contributed by atoms with Gasteiger partial charge in [-0.05, 0) is 36.9 Å². The third-order valence-electron chi connectivity index (χ3n) is 3.07. The molecule has 1 aromatic carbocycles. The van der Waals surface area contributed by atoms with Crippen molar-refractivity contribution in [2.24, 2.45) is 5.73 Å². The van der Waals surface area contributed by atoms with Crippen LogP contribution in [0.1, 0.15) is 35.4 Å². The minimum atomic E-state index is 0.302. The minimum absolute atomic E-state index is 0.302. The molecule has 0 saturated carbocycles. The number of hydrogen-bond acceptors (Lipinski definition) is 3. The molecule has 2 aromatic rings. The third-order valence-corrected chi connectivity index (χ3v) is 4.27. The Bertz CT molecular complexity index is 562. The van der Waals surface area contributed by atoms with Gasteiger partial charge in [0.1, 0.15) is 4.99 Å². The first kappa shape index (κ1) is 14.0. The van der Waals surface area contributed by atoms with Gasteiger partial charge in [0.05, 0.1) is 6.04 Å². The van der Waals surface area contributed by atoms with E-state index in [9.17, 15) is 0 Å². The van der Waals surface area contributed by atoms with E-state index in [2.05, 4.69) is 41.9 Å². The van der Waals surface area contributed by atoms with Crippen molar-refractivity contribution in [3.8, 4) is 0 Å². The Morgan fingerprint density at radius 1 is 1.42 bits per heavy atom. The van der Waals surface area contributed by atoms with Crippen LogP contribution in [-0.4, -0.2) is 4.99 Å². The zero-order valence-corrected chi connectivity index (χ0v) is 12.8. The summed E-state index contributed by atoms with van der Waals surface area (Å²) in [4.78, 5) is 1.77. The molecule has 100 valence electrons. The lowest BCUT2D eigenvalue weighted by atomic mass is 10.1. The van der Waals surface area contributed by atoms with Crippen molar-refractivity contribution in [2.45, 2.75) is 26.3 Å². The van der Waals surface area contributed by atoms with E-state index in [1.807, 2.05) is 13.0 Å². The number of nitrogens with two attached hydrogens (primary N) is 1. The van der Waals surface area contributed by atoms with Crippen LogP contribution in [0.4, 0.5) is 5.69 Å². The molecule has 1 atom stereocenters. The van der Waals surface area contributed by atoms with E-state index in [0.717, 1.165) is 23.2 Å². The monoisotopic (exact) mass is 290 g/mol. The number of aryl methyl sites for hydroxylation is 1. The largest absolute Gasteiger partial charge is 0.389 e. The number of rotatable bonds is 5. The van der Waals surface area contributed by atoms with Crippen molar-refractivity contribution in [1.82, 2.24) is 0 Å². The van der Waals surface area contributed by atoms with Gasteiger partial charge in [-0.2, -0.15) is 0 Å². The van der Waals surface area contributed by atoms with Crippen LogP contribution in [0.2, 0.25) is 0 Å². The van der Waals surface area contributed by atoms with E-state index >= 15 is 0 Å². The first-order valence-corrected chi connectivity index (χ1v) is 7.61. The Morgan fingerprint density at radius 2 is 2.21 bits per heavy atom. The van der Waals surface area contributed by atoms with Crippen LogP contribution in [0.5, 0.6) is 0 Å². The topological polar surface area (TPSA) is 38.0 Å². The molecule has 1 heterocycles. The summed E-state index contributed by atoms with van der Waals surface area (Å²) in [5.41, 5.74) is 8.91. The van der Waals surface area contributed by atoms with E-state index in [0.29, 0.717) is 11.0 Å². The molecule has 3 N–H and O–H groups in total. The van der Waals surface area contributed by atoms with Gasteiger partial charge in [-0.1, -0.05) is 36.8 Å². The molecule has 0 fully saturated rings. The second-order valence-electron chi connectivity index (χ2n) is 4.53. The summed E-state index contributed by atoms with van der Waals surface area (Å²) >= 11 is 6.90. The maximum atomic E-state index is 5.81. The molecule has 0 spiro atoms. The highest BCUT2D eigenvalue weighted by Crippen LogP contribution is 2.28. The molecular formula is C15H18N2S2. The fraction of sp³-hybridized carbons (Fsp3) is 0.267. The Kier molecular flexibility index (Phi) is 4.56. The number of hydrogen-bond donors (Lipinski definition) is 2. The Morgan fingerprint density at radius 3 is 2.79 bits per heavy atom. The quantitative estimate of drug-likeness (QED) is 0.808. The molecule has 2 nitrogen and oxygen atoms in total. The number of thiophene rings is 1. The maximum absolute atomic E-state index is 5.81. The van der Waals surface area contributed by atoms with Crippen LogP contribution in [0.3, 0.4) is 0 Å². The minimum Gasteiger partial charge on any atom is -0.389 e. The summed E-state index contributed by atoms with van der Waals surface area (Å²) in [6, 6.07) is 10.7. The lowest BCUT2D eigenvalue weighted by Crippen LogP contribution is -2.16. The summed E-state index contributed by atoms with van der Waals surface area (Å²) in [5, 5.41) is 5.65. The second-order valence-corrected chi connectivity index (χ2v) is 5.95. The average Bonchev–Trinajstić information content (AvgIpc) is 2.90. The van der Waals surface area contributed by atoms with E-state index in [4.69, 9.17) is 18.0 Å². The Balaban J connectivity index is 2.29. The van der Waals surface area contributed by atoms with Gasteiger partial charge in [0, 0.05) is 16.1 Å². The summed E-state index contributed by atoms with van der Waals surface area (Å²) < 4.78 is 0. The highest BCUT2D eigenvalue weighted by molar-refractivity contribution is 7.80. The van der Waals surface area contributed by atoms with Gasteiger partial charge < -0.3 is 11.1 Å². The van der Waals surface area contributed by atoms with Crippen molar-refractivity contribution in [3.05, 3.63) is 51.7 Å². The van der Waals surface area contributed by atoms with Gasteiger partial charge in [0.15, 0.2) is 0 Å². The van der Waals surface area contributed by atoms with Gasteiger partial charge in [0.25, 0.3) is 0 Å². The fourth-order valence-corrected chi connectivity index (χ4v) is 3.07. The summed E-state index contributed by atoms with van der Waals surface area (Å²) in [6.45, 7) is 4.22. The molecule has 1 aromatic heterocycles. The van der Waals surface area contributed by atoms with Crippen LogP contribution >= 0.6 is 23.6 Å². The van der Waals surface area contributed by atoms with Crippen LogP contribution in [-0.2, 0) is 0 Å². The summed E-state index contributed by atoms with van der Waals surface area (Å²) in [5.74, 6) is 0. The van der Waals surface area contributed by atoms with Gasteiger partial charge >= 0.3 is 0 Å². The van der Waals surface area contributed by atoms with E-state index in [1.165, 1.54) is 4.88 Å². The second kappa shape index (κ2) is 6.17. The first-order valence-electron chi connectivity index (χ1n) is 6.32. The van der Waals surface area contributed by atoms with Crippen LogP contribution in [0.25, 0.3) is 0 Å². The van der Waals surface area contributed by atoms with E-state index in [-0.39, 0.29) is 0 Å². The zero-order valence-electron chi connectivity index (χ0n) is 11.1. The van der Waals surface area contributed by atoms with Crippen molar-refractivity contribution in [1.29, 1.82) is 0 Å². The lowest BCUT2D eigenvalue weighted by molar-refractivity contribution is 0.763. The average molecular weight is 290 g/mol. The van der Waals surface area contributed by atoms with Gasteiger partial charge in [-0.15, -0.1) is 11.3 Å². The van der Waals surface area contributed by atoms with Gasteiger partial charge in [-0.25, -0.2) is 0 Å². The number of nitrogens with one attached hydrogen (secondary N) is 1. The number of benzene rings is 1. The van der Waals surface area contributed by atoms with E-state index in [1.54, 1.807) is 11.3 Å². The highest BCUT2D eigenvalue weighted by atomic mass is 32.1. The third kappa shape index (κ3) is 3.33. The predicted octanol–water partition coefficient (Wildman–Crippen LogP) is 4.25. The molecule has 0 aliphatic carbocycles. The normalized spacial score (nSPS) is 12.1. The maximum Gasteiger partial charge on any atom is 0.106 e. The summed E-state index contributed by atoms with van der Waals surface area (Å²) in [6.07, 6.45) is 1.02. The van der Waals surface area contributed by atoms with E-state index < -0.39 is 0 Å². The predicted molar refractivity (Wildman–Crippen MR) is 88.0 cm³/mol. The fourth-order valence-electron chi connectivity index (χ4n) is 2.04. The number of anilines is 1. The van der Waals surface area contributed by atoms with Crippen molar-refractivity contribution in [3.63, 3.8) is 0 Å². The molecule has 0 saturated heterocycles. The van der Waals surface area contributed by atoms with Crippen LogP contribution in [0, 0.1) is 6.92 Å². The molecule has 19 heavy (non-hydrogen) atoms. The van der Waals surface area contributed by atoms with Crippen molar-refractivity contribution >= 4 is 34.2 Å². The van der Waals surface area contributed by atoms with Gasteiger partial charge in [-0.3, -0.25) is 0 Å². The molecular weight excluding hydrogens is 272 g/mol. The molecule has 4 heteroatoms. The highest BCUT2D eigenvalue weighted by Gasteiger charge is 2.13. The number of thiocarbonyl (C=S) groups is 1. The molecule has 2 rings (SSSR count).